The Balaban J connectivity index is 2.40. The van der Waals surface area contributed by atoms with Gasteiger partial charge in [0.15, 0.2) is 0 Å². The van der Waals surface area contributed by atoms with Crippen molar-refractivity contribution in [2.75, 3.05) is 5.32 Å². The van der Waals surface area contributed by atoms with Crippen LogP contribution in [0, 0.1) is 24.0 Å². The minimum atomic E-state index is -0.652. The first kappa shape index (κ1) is 15.0. The largest absolute Gasteiger partial charge is 0.322 e. The van der Waals surface area contributed by atoms with E-state index in [-0.39, 0.29) is 16.3 Å². The van der Waals surface area contributed by atoms with E-state index in [1.54, 1.807) is 0 Å². The first-order valence-corrected chi connectivity index (χ1v) is 6.59. The van der Waals surface area contributed by atoms with E-state index in [1.807, 2.05) is 32.0 Å². The molecule has 0 bridgehead atoms. The number of nitro groups is 1. The summed E-state index contributed by atoms with van der Waals surface area (Å²) in [6, 6.07) is 9.87. The van der Waals surface area contributed by atoms with Gasteiger partial charge in [-0.25, -0.2) is 0 Å². The molecule has 0 atom stereocenters. The number of benzene rings is 2. The third-order valence-electron chi connectivity index (χ3n) is 3.06. The average molecular weight is 305 g/mol. The number of halogens is 1. The van der Waals surface area contributed by atoms with Gasteiger partial charge in [0, 0.05) is 5.69 Å². The second kappa shape index (κ2) is 5.93. The van der Waals surface area contributed by atoms with Crippen molar-refractivity contribution in [1.82, 2.24) is 0 Å². The smallest absolute Gasteiger partial charge is 0.300 e. The van der Waals surface area contributed by atoms with Crippen LogP contribution in [0.5, 0.6) is 0 Å². The Hall–Kier alpha value is -2.40. The van der Waals surface area contributed by atoms with Crippen molar-refractivity contribution in [3.63, 3.8) is 0 Å². The van der Waals surface area contributed by atoms with Gasteiger partial charge in [-0.15, -0.1) is 0 Å². The lowest BCUT2D eigenvalue weighted by Crippen LogP contribution is -2.15. The summed E-state index contributed by atoms with van der Waals surface area (Å²) in [5.41, 5.74) is 2.03. The van der Waals surface area contributed by atoms with Crippen molar-refractivity contribution in [1.29, 1.82) is 0 Å². The fourth-order valence-corrected chi connectivity index (χ4v) is 2.19. The minimum Gasteiger partial charge on any atom is -0.322 e. The van der Waals surface area contributed by atoms with Crippen LogP contribution in [0.2, 0.25) is 5.02 Å². The Morgan fingerprint density at radius 2 is 1.95 bits per heavy atom. The van der Waals surface area contributed by atoms with E-state index < -0.39 is 10.8 Å². The fraction of sp³-hybridized carbons (Fsp3) is 0.133. The Morgan fingerprint density at radius 3 is 2.62 bits per heavy atom. The van der Waals surface area contributed by atoms with E-state index in [2.05, 4.69) is 5.32 Å². The molecule has 0 spiro atoms. The van der Waals surface area contributed by atoms with Crippen LogP contribution in [-0.4, -0.2) is 10.8 Å². The van der Waals surface area contributed by atoms with Crippen molar-refractivity contribution in [3.05, 3.63) is 68.2 Å². The molecule has 0 fully saturated rings. The second-order valence-electron chi connectivity index (χ2n) is 4.67. The summed E-state index contributed by atoms with van der Waals surface area (Å²) < 4.78 is 0. The van der Waals surface area contributed by atoms with E-state index >= 15 is 0 Å². The first-order valence-electron chi connectivity index (χ1n) is 6.21. The Morgan fingerprint density at radius 1 is 1.24 bits per heavy atom. The number of aryl methyl sites for hydroxylation is 2. The molecule has 108 valence electrons. The molecule has 2 aromatic rings. The number of amides is 1. The second-order valence-corrected chi connectivity index (χ2v) is 5.07. The summed E-state index contributed by atoms with van der Waals surface area (Å²) in [4.78, 5) is 22.7. The molecule has 0 saturated heterocycles. The maximum absolute atomic E-state index is 12.3. The topological polar surface area (TPSA) is 72.2 Å². The summed E-state index contributed by atoms with van der Waals surface area (Å²) >= 11 is 5.81. The molecule has 6 heteroatoms. The van der Waals surface area contributed by atoms with Crippen LogP contribution in [0.4, 0.5) is 11.4 Å². The number of hydrogen-bond acceptors (Lipinski definition) is 3. The van der Waals surface area contributed by atoms with E-state index in [1.165, 1.54) is 18.2 Å². The number of anilines is 1. The Kier molecular flexibility index (Phi) is 4.23. The molecule has 1 amide bonds. The van der Waals surface area contributed by atoms with Crippen molar-refractivity contribution < 1.29 is 9.72 Å². The van der Waals surface area contributed by atoms with Crippen LogP contribution in [0.1, 0.15) is 21.5 Å². The maximum Gasteiger partial charge on any atom is 0.300 e. The molecule has 0 aliphatic rings. The number of carbonyl (C=O) groups excluding carboxylic acids is 1. The molecule has 0 aliphatic carbocycles. The molecule has 2 rings (SSSR count). The summed E-state index contributed by atoms with van der Waals surface area (Å²) in [6.07, 6.45) is 0. The number of nitro benzene ring substituents is 1. The summed E-state index contributed by atoms with van der Waals surface area (Å²) in [5.74, 6) is -0.557. The Bertz CT molecular complexity index is 729. The lowest BCUT2D eigenvalue weighted by Gasteiger charge is -2.10. The molecule has 0 aliphatic heterocycles. The molecule has 0 aromatic heterocycles. The highest BCUT2D eigenvalue weighted by atomic mass is 35.5. The lowest BCUT2D eigenvalue weighted by molar-refractivity contribution is -0.385. The van der Waals surface area contributed by atoms with Gasteiger partial charge in [0.2, 0.25) is 0 Å². The predicted molar refractivity (Wildman–Crippen MR) is 82.0 cm³/mol. The molecular weight excluding hydrogens is 292 g/mol. The molecule has 1 N–H and O–H groups in total. The third kappa shape index (κ3) is 3.20. The van der Waals surface area contributed by atoms with Crippen molar-refractivity contribution in [2.24, 2.45) is 0 Å². The number of rotatable bonds is 3. The van der Waals surface area contributed by atoms with Gasteiger partial charge in [0.1, 0.15) is 10.6 Å². The monoisotopic (exact) mass is 304 g/mol. The van der Waals surface area contributed by atoms with Crippen LogP contribution < -0.4 is 5.32 Å². The van der Waals surface area contributed by atoms with Crippen molar-refractivity contribution in [2.45, 2.75) is 13.8 Å². The number of hydrogen-bond donors (Lipinski definition) is 1. The van der Waals surface area contributed by atoms with Crippen LogP contribution in [-0.2, 0) is 0 Å². The zero-order valence-corrected chi connectivity index (χ0v) is 12.3. The van der Waals surface area contributed by atoms with E-state index in [0.717, 1.165) is 11.1 Å². The van der Waals surface area contributed by atoms with Crippen LogP contribution in [0.3, 0.4) is 0 Å². The number of para-hydroxylation sites is 1. The quantitative estimate of drug-likeness (QED) is 0.685. The van der Waals surface area contributed by atoms with Crippen LogP contribution in [0.25, 0.3) is 0 Å². The molecule has 0 heterocycles. The summed E-state index contributed by atoms with van der Waals surface area (Å²) in [7, 11) is 0. The highest BCUT2D eigenvalue weighted by Gasteiger charge is 2.23. The first-order chi connectivity index (χ1) is 9.90. The van der Waals surface area contributed by atoms with E-state index in [0.29, 0.717) is 5.69 Å². The van der Waals surface area contributed by atoms with Gasteiger partial charge < -0.3 is 5.32 Å². The molecule has 0 unspecified atom stereocenters. The lowest BCUT2D eigenvalue weighted by atomic mass is 10.1. The zero-order valence-electron chi connectivity index (χ0n) is 11.5. The van der Waals surface area contributed by atoms with Crippen LogP contribution >= 0.6 is 11.6 Å². The standard InChI is InChI=1S/C15H13ClN2O3/c1-9-6-7-10(2)13(8-9)17-15(19)11-4-3-5-12(16)14(11)18(20)21/h3-8H,1-2H3,(H,17,19). The SMILES string of the molecule is Cc1ccc(C)c(NC(=O)c2cccc(Cl)c2[N+](=O)[O-])c1. The van der Waals surface area contributed by atoms with E-state index in [9.17, 15) is 14.9 Å². The molecule has 2 aromatic carbocycles. The van der Waals surface area contributed by atoms with Gasteiger partial charge in [-0.3, -0.25) is 14.9 Å². The Labute approximate surface area is 126 Å². The van der Waals surface area contributed by atoms with Gasteiger partial charge in [-0.2, -0.15) is 0 Å². The van der Waals surface area contributed by atoms with E-state index in [4.69, 9.17) is 11.6 Å². The van der Waals surface area contributed by atoms with Gasteiger partial charge in [0.05, 0.1) is 4.92 Å². The summed E-state index contributed by atoms with van der Waals surface area (Å²) in [5, 5.41) is 13.7. The molecular formula is C15H13ClN2O3. The molecule has 21 heavy (non-hydrogen) atoms. The van der Waals surface area contributed by atoms with Crippen molar-refractivity contribution >= 4 is 28.9 Å². The molecule has 0 radical (unpaired) electrons. The molecule has 5 nitrogen and oxygen atoms in total. The van der Waals surface area contributed by atoms with Gasteiger partial charge in [-0.05, 0) is 43.2 Å². The highest BCUT2D eigenvalue weighted by molar-refractivity contribution is 6.33. The minimum absolute atomic E-state index is 0.0615. The average Bonchev–Trinajstić information content (AvgIpc) is 2.42. The predicted octanol–water partition coefficient (Wildman–Crippen LogP) is 4.12. The number of nitrogens with zero attached hydrogens (tertiary/aromatic N) is 1. The normalized spacial score (nSPS) is 10.2. The maximum atomic E-state index is 12.3. The third-order valence-corrected chi connectivity index (χ3v) is 3.36. The number of carbonyl (C=O) groups is 1. The van der Waals surface area contributed by atoms with Gasteiger partial charge in [0.25, 0.3) is 5.91 Å². The van der Waals surface area contributed by atoms with Crippen molar-refractivity contribution in [3.8, 4) is 0 Å². The summed E-state index contributed by atoms with van der Waals surface area (Å²) in [6.45, 7) is 3.75. The molecule has 0 saturated carbocycles. The van der Waals surface area contributed by atoms with Gasteiger partial charge in [-0.1, -0.05) is 29.8 Å². The fourth-order valence-electron chi connectivity index (χ4n) is 1.94. The van der Waals surface area contributed by atoms with Gasteiger partial charge >= 0.3 is 5.69 Å². The highest BCUT2D eigenvalue weighted by Crippen LogP contribution is 2.29. The zero-order chi connectivity index (χ0) is 15.6. The number of nitrogens with one attached hydrogen (secondary N) is 1. The van der Waals surface area contributed by atoms with Crippen LogP contribution in [0.15, 0.2) is 36.4 Å².